The summed E-state index contributed by atoms with van der Waals surface area (Å²) in [5, 5.41) is 0.300. The van der Waals surface area contributed by atoms with Crippen LogP contribution in [0.5, 0.6) is 0 Å². The Morgan fingerprint density at radius 2 is 1.75 bits per heavy atom. The van der Waals surface area contributed by atoms with Gasteiger partial charge in [-0.25, -0.2) is 8.78 Å². The monoisotopic (exact) mass is 314 g/mol. The Morgan fingerprint density at radius 3 is 2.40 bits per heavy atom. The first-order chi connectivity index (χ1) is 9.38. The summed E-state index contributed by atoms with van der Waals surface area (Å²) in [5.74, 6) is -1.16. The zero-order chi connectivity index (χ0) is 14.9. The first kappa shape index (κ1) is 15.3. The number of halogens is 4. The van der Waals surface area contributed by atoms with Gasteiger partial charge in [-0.15, -0.1) is 11.6 Å². The van der Waals surface area contributed by atoms with Crippen LogP contribution in [0, 0.1) is 25.5 Å². The average Bonchev–Trinajstić information content (AvgIpc) is 2.37. The van der Waals surface area contributed by atoms with Crippen molar-refractivity contribution in [2.75, 3.05) is 0 Å². The Balaban J connectivity index is 2.28. The van der Waals surface area contributed by atoms with Crippen LogP contribution in [0.1, 0.15) is 27.6 Å². The van der Waals surface area contributed by atoms with Gasteiger partial charge in [0.2, 0.25) is 0 Å². The predicted octanol–water partition coefficient (Wildman–Crippen LogP) is 5.76. The molecule has 0 amide bonds. The van der Waals surface area contributed by atoms with Gasteiger partial charge in [0.05, 0.1) is 5.38 Å². The van der Waals surface area contributed by atoms with Crippen LogP contribution < -0.4 is 0 Å². The van der Waals surface area contributed by atoms with E-state index in [-0.39, 0.29) is 5.38 Å². The smallest absolute Gasteiger partial charge is 0.129 e. The molecule has 4 heteroatoms. The molecule has 0 heterocycles. The molecule has 1 unspecified atom stereocenters. The van der Waals surface area contributed by atoms with E-state index in [0.29, 0.717) is 17.0 Å². The maximum absolute atomic E-state index is 13.7. The summed E-state index contributed by atoms with van der Waals surface area (Å²) < 4.78 is 26.5. The van der Waals surface area contributed by atoms with E-state index >= 15 is 0 Å². The quantitative estimate of drug-likeness (QED) is 0.632. The Hall–Kier alpha value is -1.12. The molecule has 2 rings (SSSR count). The van der Waals surface area contributed by atoms with Crippen molar-refractivity contribution in [1.82, 2.24) is 0 Å². The highest BCUT2D eigenvalue weighted by molar-refractivity contribution is 6.31. The third kappa shape index (κ3) is 3.31. The molecule has 0 bridgehead atoms. The number of hydrogen-bond donors (Lipinski definition) is 0. The van der Waals surface area contributed by atoms with Crippen molar-refractivity contribution in [3.63, 3.8) is 0 Å². The third-order valence-corrected chi connectivity index (χ3v) is 4.10. The first-order valence-electron chi connectivity index (χ1n) is 6.23. The van der Waals surface area contributed by atoms with Gasteiger partial charge < -0.3 is 0 Å². The lowest BCUT2D eigenvalue weighted by Gasteiger charge is -2.15. The number of benzene rings is 2. The summed E-state index contributed by atoms with van der Waals surface area (Å²) in [6.07, 6.45) is 0.301. The molecule has 0 radical (unpaired) electrons. The Morgan fingerprint density at radius 1 is 1.05 bits per heavy atom. The number of rotatable bonds is 3. The molecule has 0 fully saturated rings. The SMILES string of the molecule is Cc1cc(C(Cl)Cc2ccc(F)cc2F)c(C)cc1Cl. The van der Waals surface area contributed by atoms with Gasteiger partial charge in [0.25, 0.3) is 0 Å². The second-order valence-corrected chi connectivity index (χ2v) is 5.80. The zero-order valence-electron chi connectivity index (χ0n) is 11.2. The molecule has 0 saturated heterocycles. The lowest BCUT2D eigenvalue weighted by atomic mass is 9.98. The van der Waals surface area contributed by atoms with Crippen LogP contribution in [-0.4, -0.2) is 0 Å². The lowest BCUT2D eigenvalue weighted by molar-refractivity contribution is 0.570. The number of aryl methyl sites for hydroxylation is 2. The molecule has 2 aromatic rings. The van der Waals surface area contributed by atoms with E-state index in [4.69, 9.17) is 23.2 Å². The van der Waals surface area contributed by atoms with Crippen LogP contribution >= 0.6 is 23.2 Å². The summed E-state index contributed by atoms with van der Waals surface area (Å²) in [6.45, 7) is 3.81. The largest absolute Gasteiger partial charge is 0.207 e. The van der Waals surface area contributed by atoms with Crippen LogP contribution in [0.2, 0.25) is 5.02 Å². The van der Waals surface area contributed by atoms with E-state index in [1.165, 1.54) is 12.1 Å². The summed E-state index contributed by atoms with van der Waals surface area (Å²) in [7, 11) is 0. The fraction of sp³-hybridized carbons (Fsp3) is 0.250. The van der Waals surface area contributed by atoms with Crippen molar-refractivity contribution >= 4 is 23.2 Å². The van der Waals surface area contributed by atoms with E-state index < -0.39 is 11.6 Å². The fourth-order valence-electron chi connectivity index (χ4n) is 2.13. The van der Waals surface area contributed by atoms with E-state index in [0.717, 1.165) is 22.8 Å². The van der Waals surface area contributed by atoms with Gasteiger partial charge in [0, 0.05) is 11.1 Å². The topological polar surface area (TPSA) is 0 Å². The van der Waals surface area contributed by atoms with E-state index in [1.54, 1.807) is 0 Å². The van der Waals surface area contributed by atoms with Gasteiger partial charge in [-0.2, -0.15) is 0 Å². The molecule has 1 atom stereocenters. The van der Waals surface area contributed by atoms with Crippen LogP contribution in [0.25, 0.3) is 0 Å². The predicted molar refractivity (Wildman–Crippen MR) is 79.6 cm³/mol. The van der Waals surface area contributed by atoms with Gasteiger partial charge >= 0.3 is 0 Å². The molecule has 0 N–H and O–H groups in total. The highest BCUT2D eigenvalue weighted by Gasteiger charge is 2.15. The average molecular weight is 315 g/mol. The van der Waals surface area contributed by atoms with E-state index in [9.17, 15) is 8.78 Å². The molecule has 0 saturated carbocycles. The zero-order valence-corrected chi connectivity index (χ0v) is 12.7. The van der Waals surface area contributed by atoms with Crippen LogP contribution in [0.4, 0.5) is 8.78 Å². The van der Waals surface area contributed by atoms with Crippen molar-refractivity contribution in [2.45, 2.75) is 25.6 Å². The van der Waals surface area contributed by atoms with Crippen molar-refractivity contribution in [1.29, 1.82) is 0 Å². The molecular formula is C16H14Cl2F2. The Kier molecular flexibility index (Phi) is 4.66. The van der Waals surface area contributed by atoms with Gasteiger partial charge in [0.15, 0.2) is 0 Å². The van der Waals surface area contributed by atoms with Crippen molar-refractivity contribution in [2.24, 2.45) is 0 Å². The molecule has 0 spiro atoms. The van der Waals surface area contributed by atoms with E-state index in [2.05, 4.69) is 0 Å². The van der Waals surface area contributed by atoms with Crippen molar-refractivity contribution in [3.05, 3.63) is 69.2 Å². The van der Waals surface area contributed by atoms with Crippen LogP contribution in [-0.2, 0) is 6.42 Å². The lowest BCUT2D eigenvalue weighted by Crippen LogP contribution is -2.02. The molecular weight excluding hydrogens is 301 g/mol. The molecule has 0 aliphatic heterocycles. The molecule has 0 aliphatic carbocycles. The first-order valence-corrected chi connectivity index (χ1v) is 7.04. The minimum absolute atomic E-state index is 0.301. The van der Waals surface area contributed by atoms with Crippen molar-refractivity contribution < 1.29 is 8.78 Å². The standard InChI is InChI=1S/C16H14Cl2F2/c1-9-6-14(17)10(2)5-13(9)15(18)7-11-3-4-12(19)8-16(11)20/h3-6,8,15H,7H2,1-2H3. The molecule has 0 aromatic heterocycles. The maximum atomic E-state index is 13.7. The van der Waals surface area contributed by atoms with Gasteiger partial charge in [-0.3, -0.25) is 0 Å². The number of hydrogen-bond acceptors (Lipinski definition) is 0. The summed E-state index contributed by atoms with van der Waals surface area (Å²) >= 11 is 12.4. The van der Waals surface area contributed by atoms with Crippen LogP contribution in [0.3, 0.4) is 0 Å². The maximum Gasteiger partial charge on any atom is 0.129 e. The molecule has 20 heavy (non-hydrogen) atoms. The Bertz CT molecular complexity index is 639. The van der Waals surface area contributed by atoms with Gasteiger partial charge in [-0.1, -0.05) is 23.7 Å². The highest BCUT2D eigenvalue weighted by Crippen LogP contribution is 2.31. The second-order valence-electron chi connectivity index (χ2n) is 4.87. The molecule has 0 nitrogen and oxygen atoms in total. The fourth-order valence-corrected chi connectivity index (χ4v) is 2.75. The summed E-state index contributed by atoms with van der Waals surface area (Å²) in [4.78, 5) is 0. The molecule has 106 valence electrons. The normalized spacial score (nSPS) is 12.5. The van der Waals surface area contributed by atoms with Crippen LogP contribution in [0.15, 0.2) is 30.3 Å². The third-order valence-electron chi connectivity index (χ3n) is 3.30. The molecule has 0 aliphatic rings. The second kappa shape index (κ2) is 6.11. The van der Waals surface area contributed by atoms with Gasteiger partial charge in [-0.05, 0) is 54.7 Å². The van der Waals surface area contributed by atoms with Crippen molar-refractivity contribution in [3.8, 4) is 0 Å². The summed E-state index contributed by atoms with van der Waals surface area (Å²) in [5.41, 5.74) is 3.20. The minimum Gasteiger partial charge on any atom is -0.207 e. The van der Waals surface area contributed by atoms with Gasteiger partial charge in [0.1, 0.15) is 11.6 Å². The summed E-state index contributed by atoms with van der Waals surface area (Å²) in [6, 6.07) is 7.30. The number of alkyl halides is 1. The molecule has 2 aromatic carbocycles. The highest BCUT2D eigenvalue weighted by atomic mass is 35.5. The van der Waals surface area contributed by atoms with E-state index in [1.807, 2.05) is 26.0 Å². The minimum atomic E-state index is -0.587. The Labute approximate surface area is 127 Å².